The van der Waals surface area contributed by atoms with Crippen molar-refractivity contribution in [2.75, 3.05) is 18.5 Å². The van der Waals surface area contributed by atoms with E-state index in [1.54, 1.807) is 0 Å². The SMILES string of the molecule is CCOCC(=O)Nc1nsc2ccc(Br)cc12. The lowest BCUT2D eigenvalue weighted by atomic mass is 10.2. The summed E-state index contributed by atoms with van der Waals surface area (Å²) in [5.74, 6) is 0.412. The molecule has 0 aliphatic heterocycles. The minimum absolute atomic E-state index is 0.0591. The van der Waals surface area contributed by atoms with Crippen molar-refractivity contribution in [2.24, 2.45) is 0 Å². The van der Waals surface area contributed by atoms with E-state index >= 15 is 0 Å². The lowest BCUT2D eigenvalue weighted by molar-refractivity contribution is -0.120. The number of benzene rings is 1. The Labute approximate surface area is 111 Å². The number of ether oxygens (including phenoxy) is 1. The largest absolute Gasteiger partial charge is 0.372 e. The molecule has 0 saturated heterocycles. The number of fused-ring (bicyclic) bond motifs is 1. The number of rotatable bonds is 4. The fourth-order valence-electron chi connectivity index (χ4n) is 1.36. The van der Waals surface area contributed by atoms with Crippen LogP contribution in [0.15, 0.2) is 22.7 Å². The van der Waals surface area contributed by atoms with Crippen LogP contribution in [0.25, 0.3) is 10.1 Å². The first-order chi connectivity index (χ1) is 8.20. The van der Waals surface area contributed by atoms with Gasteiger partial charge in [0, 0.05) is 16.5 Å². The number of hydrogen-bond donors (Lipinski definition) is 1. The molecule has 0 aliphatic rings. The van der Waals surface area contributed by atoms with Gasteiger partial charge in [0.25, 0.3) is 5.91 Å². The van der Waals surface area contributed by atoms with Gasteiger partial charge >= 0.3 is 0 Å². The summed E-state index contributed by atoms with van der Waals surface area (Å²) in [6.45, 7) is 2.43. The normalized spacial score (nSPS) is 10.7. The summed E-state index contributed by atoms with van der Waals surface area (Å²) < 4.78 is 11.3. The summed E-state index contributed by atoms with van der Waals surface area (Å²) in [5, 5.41) is 3.68. The van der Waals surface area contributed by atoms with Crippen LogP contribution in [0.4, 0.5) is 5.82 Å². The first kappa shape index (κ1) is 12.5. The van der Waals surface area contributed by atoms with Crippen molar-refractivity contribution in [3.8, 4) is 0 Å². The Kier molecular flexibility index (Phi) is 4.09. The van der Waals surface area contributed by atoms with Crippen molar-refractivity contribution in [2.45, 2.75) is 6.92 Å². The van der Waals surface area contributed by atoms with Gasteiger partial charge in [0.1, 0.15) is 6.61 Å². The van der Waals surface area contributed by atoms with Crippen LogP contribution in [0.5, 0.6) is 0 Å². The topological polar surface area (TPSA) is 51.2 Å². The molecule has 17 heavy (non-hydrogen) atoms. The first-order valence-electron chi connectivity index (χ1n) is 5.13. The number of carbonyl (C=O) groups is 1. The Morgan fingerprint density at radius 3 is 3.18 bits per heavy atom. The third kappa shape index (κ3) is 3.02. The van der Waals surface area contributed by atoms with Gasteiger partial charge < -0.3 is 10.1 Å². The highest BCUT2D eigenvalue weighted by atomic mass is 79.9. The van der Waals surface area contributed by atoms with E-state index in [0.717, 1.165) is 14.6 Å². The van der Waals surface area contributed by atoms with Gasteiger partial charge in [-0.1, -0.05) is 15.9 Å². The second-order valence-electron chi connectivity index (χ2n) is 3.36. The molecule has 0 fully saturated rings. The highest BCUT2D eigenvalue weighted by molar-refractivity contribution is 9.10. The van der Waals surface area contributed by atoms with Crippen molar-refractivity contribution >= 4 is 49.3 Å². The average Bonchev–Trinajstić information content (AvgIpc) is 2.69. The van der Waals surface area contributed by atoms with Crippen LogP contribution >= 0.6 is 27.5 Å². The number of halogens is 1. The lowest BCUT2D eigenvalue weighted by Crippen LogP contribution is -2.18. The second-order valence-corrected chi connectivity index (χ2v) is 5.08. The molecule has 0 aliphatic carbocycles. The van der Waals surface area contributed by atoms with E-state index in [1.807, 2.05) is 25.1 Å². The Hall–Kier alpha value is -0.980. The van der Waals surface area contributed by atoms with Crippen molar-refractivity contribution in [3.63, 3.8) is 0 Å². The maximum atomic E-state index is 11.5. The van der Waals surface area contributed by atoms with Crippen LogP contribution in [0.3, 0.4) is 0 Å². The van der Waals surface area contributed by atoms with Crippen LogP contribution in [-0.4, -0.2) is 23.5 Å². The van der Waals surface area contributed by atoms with E-state index in [4.69, 9.17) is 4.74 Å². The maximum absolute atomic E-state index is 11.5. The number of amides is 1. The van der Waals surface area contributed by atoms with Gasteiger partial charge in [0.2, 0.25) is 0 Å². The monoisotopic (exact) mass is 314 g/mol. The zero-order chi connectivity index (χ0) is 12.3. The summed E-state index contributed by atoms with van der Waals surface area (Å²) in [7, 11) is 0. The fourth-order valence-corrected chi connectivity index (χ4v) is 2.44. The predicted octanol–water partition coefficient (Wildman–Crippen LogP) is 3.03. The molecule has 1 N–H and O–H groups in total. The predicted molar refractivity (Wildman–Crippen MR) is 72.4 cm³/mol. The van der Waals surface area contributed by atoms with E-state index in [1.165, 1.54) is 11.5 Å². The molecule has 0 atom stereocenters. The molecule has 0 bridgehead atoms. The van der Waals surface area contributed by atoms with Gasteiger partial charge in [-0.05, 0) is 36.7 Å². The van der Waals surface area contributed by atoms with E-state index in [9.17, 15) is 4.79 Å². The Balaban J connectivity index is 2.18. The van der Waals surface area contributed by atoms with Gasteiger partial charge in [-0.15, -0.1) is 0 Å². The molecule has 0 saturated carbocycles. The second kappa shape index (κ2) is 5.57. The smallest absolute Gasteiger partial charge is 0.251 e. The molecule has 1 amide bonds. The number of aromatic nitrogens is 1. The van der Waals surface area contributed by atoms with Crippen LogP contribution < -0.4 is 5.32 Å². The first-order valence-corrected chi connectivity index (χ1v) is 6.70. The third-order valence-electron chi connectivity index (χ3n) is 2.13. The third-order valence-corrected chi connectivity index (χ3v) is 3.45. The highest BCUT2D eigenvalue weighted by Gasteiger charge is 2.09. The zero-order valence-electron chi connectivity index (χ0n) is 9.20. The van der Waals surface area contributed by atoms with Gasteiger partial charge in [-0.3, -0.25) is 4.79 Å². The molecule has 0 spiro atoms. The van der Waals surface area contributed by atoms with Gasteiger partial charge in [0.05, 0.1) is 4.70 Å². The molecule has 1 aromatic carbocycles. The molecule has 4 nitrogen and oxygen atoms in total. The van der Waals surface area contributed by atoms with Crippen LogP contribution in [-0.2, 0) is 9.53 Å². The van der Waals surface area contributed by atoms with Crippen LogP contribution in [0.1, 0.15) is 6.92 Å². The van der Waals surface area contributed by atoms with Crippen molar-refractivity contribution in [1.29, 1.82) is 0 Å². The summed E-state index contributed by atoms with van der Waals surface area (Å²) in [4.78, 5) is 11.5. The Bertz CT molecular complexity index is 541. The summed E-state index contributed by atoms with van der Waals surface area (Å²) in [5.41, 5.74) is 0. The van der Waals surface area contributed by atoms with Gasteiger partial charge in [-0.2, -0.15) is 4.37 Å². The Morgan fingerprint density at radius 1 is 1.59 bits per heavy atom. The van der Waals surface area contributed by atoms with Crippen molar-refractivity contribution in [3.05, 3.63) is 22.7 Å². The molecular weight excluding hydrogens is 304 g/mol. The summed E-state index contributed by atoms with van der Waals surface area (Å²) in [6.07, 6.45) is 0. The lowest BCUT2D eigenvalue weighted by Gasteiger charge is -2.02. The summed E-state index contributed by atoms with van der Waals surface area (Å²) >= 11 is 4.76. The molecule has 2 aromatic rings. The van der Waals surface area contributed by atoms with Gasteiger partial charge in [0.15, 0.2) is 5.82 Å². The molecule has 2 rings (SSSR count). The minimum Gasteiger partial charge on any atom is -0.372 e. The molecule has 1 heterocycles. The quantitative estimate of drug-likeness (QED) is 0.943. The van der Waals surface area contributed by atoms with Crippen molar-refractivity contribution < 1.29 is 9.53 Å². The molecular formula is C11H11BrN2O2S. The maximum Gasteiger partial charge on any atom is 0.251 e. The van der Waals surface area contributed by atoms with E-state index in [-0.39, 0.29) is 12.5 Å². The zero-order valence-corrected chi connectivity index (χ0v) is 11.6. The standard InChI is InChI=1S/C11H11BrN2O2S/c1-2-16-6-10(15)13-11-8-5-7(12)3-4-9(8)17-14-11/h3-5H,2,6H2,1H3,(H,13,14,15). The molecule has 90 valence electrons. The number of nitrogens with one attached hydrogen (secondary N) is 1. The fraction of sp³-hybridized carbons (Fsp3) is 0.273. The van der Waals surface area contributed by atoms with E-state index < -0.39 is 0 Å². The summed E-state index contributed by atoms with van der Waals surface area (Å²) in [6, 6.07) is 5.86. The molecule has 6 heteroatoms. The average molecular weight is 315 g/mol. The minimum atomic E-state index is -0.181. The van der Waals surface area contributed by atoms with E-state index in [2.05, 4.69) is 25.6 Å². The molecule has 0 radical (unpaired) electrons. The number of nitrogens with zero attached hydrogens (tertiary/aromatic N) is 1. The van der Waals surface area contributed by atoms with E-state index in [0.29, 0.717) is 12.4 Å². The van der Waals surface area contributed by atoms with Crippen molar-refractivity contribution in [1.82, 2.24) is 4.37 Å². The van der Waals surface area contributed by atoms with Gasteiger partial charge in [-0.25, -0.2) is 0 Å². The molecule has 1 aromatic heterocycles. The highest BCUT2D eigenvalue weighted by Crippen LogP contribution is 2.29. The molecule has 0 unspecified atom stereocenters. The Morgan fingerprint density at radius 2 is 2.41 bits per heavy atom. The van der Waals surface area contributed by atoms with Crippen LogP contribution in [0.2, 0.25) is 0 Å². The number of anilines is 1. The van der Waals surface area contributed by atoms with Crippen LogP contribution in [0, 0.1) is 0 Å². The number of hydrogen-bond acceptors (Lipinski definition) is 4. The number of carbonyl (C=O) groups excluding carboxylic acids is 1.